The molecular weight excluding hydrogens is 334 g/mol. The molecule has 2 amide bonds. The van der Waals surface area contributed by atoms with Crippen LogP contribution in [0.1, 0.15) is 40.5 Å². The van der Waals surface area contributed by atoms with Crippen LogP contribution in [0.15, 0.2) is 0 Å². The molecule has 5 nitrogen and oxygen atoms in total. The topological polar surface area (TPSA) is 61.4 Å². The number of piperidine rings is 1. The molecule has 2 aliphatic heterocycles. The van der Waals surface area contributed by atoms with Crippen LogP contribution in [0.3, 0.4) is 0 Å². The van der Waals surface area contributed by atoms with Crippen molar-refractivity contribution in [1.29, 1.82) is 0 Å². The van der Waals surface area contributed by atoms with E-state index in [2.05, 4.69) is 38.3 Å². The molecule has 0 bridgehead atoms. The molecule has 2 heterocycles. The molecule has 7 heteroatoms. The van der Waals surface area contributed by atoms with Gasteiger partial charge in [0.1, 0.15) is 6.04 Å². The van der Waals surface area contributed by atoms with Crippen LogP contribution in [-0.2, 0) is 9.59 Å². The van der Waals surface area contributed by atoms with Crippen LogP contribution in [0.4, 0.5) is 0 Å². The molecule has 0 saturated carbocycles. The maximum Gasteiger partial charge on any atom is 0.243 e. The summed E-state index contributed by atoms with van der Waals surface area (Å²) in [5.41, 5.74) is -0.0467. The number of amides is 2. The summed E-state index contributed by atoms with van der Waals surface area (Å²) < 4.78 is 0. The van der Waals surface area contributed by atoms with E-state index in [-0.39, 0.29) is 41.7 Å². The van der Waals surface area contributed by atoms with E-state index in [4.69, 9.17) is 0 Å². The molecule has 23 heavy (non-hydrogen) atoms. The van der Waals surface area contributed by atoms with Gasteiger partial charge in [-0.25, -0.2) is 0 Å². The van der Waals surface area contributed by atoms with Gasteiger partial charge in [-0.1, -0.05) is 27.7 Å². The summed E-state index contributed by atoms with van der Waals surface area (Å²) in [4.78, 5) is 26.8. The third kappa shape index (κ3) is 5.84. The maximum atomic E-state index is 12.6. The SMILES string of the molecule is CC1CNCCC1NC(=O)C1CSCN1C(=O)CC(C)(C)C.Cl. The molecule has 3 unspecified atom stereocenters. The first-order valence-electron chi connectivity index (χ1n) is 8.16. The van der Waals surface area contributed by atoms with E-state index in [1.807, 2.05) is 0 Å². The van der Waals surface area contributed by atoms with E-state index in [1.165, 1.54) is 0 Å². The molecule has 2 saturated heterocycles. The van der Waals surface area contributed by atoms with Crippen LogP contribution in [-0.4, -0.2) is 53.5 Å². The van der Waals surface area contributed by atoms with Gasteiger partial charge in [0.15, 0.2) is 0 Å². The van der Waals surface area contributed by atoms with E-state index in [1.54, 1.807) is 16.7 Å². The Morgan fingerprint density at radius 1 is 1.35 bits per heavy atom. The Hall–Kier alpha value is -0.460. The van der Waals surface area contributed by atoms with Crippen LogP contribution < -0.4 is 10.6 Å². The molecule has 2 aliphatic rings. The zero-order chi connectivity index (χ0) is 16.3. The summed E-state index contributed by atoms with van der Waals surface area (Å²) in [5.74, 6) is 1.89. The molecule has 134 valence electrons. The van der Waals surface area contributed by atoms with Gasteiger partial charge in [-0.05, 0) is 30.8 Å². The molecule has 0 aromatic heterocycles. The van der Waals surface area contributed by atoms with Crippen LogP contribution in [0.2, 0.25) is 0 Å². The normalized spacial score (nSPS) is 28.2. The van der Waals surface area contributed by atoms with E-state index in [0.29, 0.717) is 24.0 Å². The second-order valence-corrected chi connectivity index (χ2v) is 8.70. The number of hydrogen-bond acceptors (Lipinski definition) is 4. The van der Waals surface area contributed by atoms with Gasteiger partial charge in [0.05, 0.1) is 5.88 Å². The van der Waals surface area contributed by atoms with E-state index in [0.717, 1.165) is 19.5 Å². The first-order valence-corrected chi connectivity index (χ1v) is 9.32. The van der Waals surface area contributed by atoms with Crippen LogP contribution in [0.5, 0.6) is 0 Å². The van der Waals surface area contributed by atoms with E-state index in [9.17, 15) is 9.59 Å². The van der Waals surface area contributed by atoms with Crippen molar-refractivity contribution in [2.24, 2.45) is 11.3 Å². The summed E-state index contributed by atoms with van der Waals surface area (Å²) in [6.45, 7) is 10.2. The molecule has 0 spiro atoms. The minimum absolute atomic E-state index is 0. The molecule has 2 N–H and O–H groups in total. The van der Waals surface area contributed by atoms with E-state index >= 15 is 0 Å². The molecule has 3 atom stereocenters. The smallest absolute Gasteiger partial charge is 0.243 e. The number of rotatable bonds is 3. The Morgan fingerprint density at radius 2 is 2.04 bits per heavy atom. The second-order valence-electron chi connectivity index (χ2n) is 7.70. The van der Waals surface area contributed by atoms with Gasteiger partial charge < -0.3 is 15.5 Å². The zero-order valence-corrected chi connectivity index (χ0v) is 16.2. The average Bonchev–Trinajstić information content (AvgIpc) is 2.89. The molecular formula is C16H30ClN3O2S. The van der Waals surface area contributed by atoms with Crippen LogP contribution in [0, 0.1) is 11.3 Å². The quantitative estimate of drug-likeness (QED) is 0.803. The first-order chi connectivity index (χ1) is 10.3. The highest BCUT2D eigenvalue weighted by Crippen LogP contribution is 2.27. The average molecular weight is 364 g/mol. The number of halogens is 1. The fourth-order valence-corrected chi connectivity index (χ4v) is 4.15. The molecule has 2 rings (SSSR count). The van der Waals surface area contributed by atoms with E-state index < -0.39 is 0 Å². The van der Waals surface area contributed by atoms with Crippen molar-refractivity contribution in [3.8, 4) is 0 Å². The third-order valence-corrected chi connectivity index (χ3v) is 5.31. The van der Waals surface area contributed by atoms with Gasteiger partial charge in [-0.15, -0.1) is 24.2 Å². The fourth-order valence-electron chi connectivity index (χ4n) is 2.97. The minimum atomic E-state index is -0.304. The van der Waals surface area contributed by atoms with Crippen molar-refractivity contribution in [1.82, 2.24) is 15.5 Å². The largest absolute Gasteiger partial charge is 0.351 e. The van der Waals surface area contributed by atoms with Crippen molar-refractivity contribution in [3.05, 3.63) is 0 Å². The van der Waals surface area contributed by atoms with Gasteiger partial charge in [-0.2, -0.15) is 0 Å². The first kappa shape index (κ1) is 20.6. The lowest BCUT2D eigenvalue weighted by atomic mass is 9.91. The summed E-state index contributed by atoms with van der Waals surface area (Å²) >= 11 is 1.67. The zero-order valence-electron chi connectivity index (χ0n) is 14.6. The van der Waals surface area contributed by atoms with Gasteiger partial charge >= 0.3 is 0 Å². The summed E-state index contributed by atoms with van der Waals surface area (Å²) in [6, 6.07) is -0.0825. The number of nitrogens with zero attached hydrogens (tertiary/aromatic N) is 1. The Kier molecular flexibility index (Phi) is 7.68. The highest BCUT2D eigenvalue weighted by molar-refractivity contribution is 7.99. The van der Waals surface area contributed by atoms with Gasteiger partial charge in [0, 0.05) is 18.2 Å². The number of thioether (sulfide) groups is 1. The van der Waals surface area contributed by atoms with Crippen LogP contribution in [0.25, 0.3) is 0 Å². The Morgan fingerprint density at radius 3 is 2.65 bits per heavy atom. The lowest BCUT2D eigenvalue weighted by molar-refractivity contribution is -0.139. The Labute approximate surface area is 150 Å². The van der Waals surface area contributed by atoms with Crippen molar-refractivity contribution in [3.63, 3.8) is 0 Å². The summed E-state index contributed by atoms with van der Waals surface area (Å²) in [5, 5.41) is 6.51. The molecule has 0 aromatic rings. The summed E-state index contributed by atoms with van der Waals surface area (Å²) in [6.07, 6.45) is 1.45. The summed E-state index contributed by atoms with van der Waals surface area (Å²) in [7, 11) is 0. The second kappa shape index (κ2) is 8.58. The van der Waals surface area contributed by atoms with Gasteiger partial charge in [0.2, 0.25) is 11.8 Å². The predicted octanol–water partition coefficient (Wildman–Crippen LogP) is 1.86. The van der Waals surface area contributed by atoms with Crippen molar-refractivity contribution in [2.45, 2.75) is 52.6 Å². The number of carbonyl (C=O) groups is 2. The molecule has 0 aromatic carbocycles. The lowest BCUT2D eigenvalue weighted by Gasteiger charge is -2.33. The van der Waals surface area contributed by atoms with Gasteiger partial charge in [-0.3, -0.25) is 9.59 Å². The number of hydrogen-bond donors (Lipinski definition) is 2. The number of nitrogens with one attached hydrogen (secondary N) is 2. The van der Waals surface area contributed by atoms with Crippen LogP contribution >= 0.6 is 24.2 Å². The molecule has 0 aliphatic carbocycles. The highest BCUT2D eigenvalue weighted by atomic mass is 35.5. The Bertz CT molecular complexity index is 428. The molecule has 0 radical (unpaired) electrons. The maximum absolute atomic E-state index is 12.6. The van der Waals surface area contributed by atoms with Crippen molar-refractivity contribution >= 4 is 36.0 Å². The minimum Gasteiger partial charge on any atom is -0.351 e. The third-order valence-electron chi connectivity index (χ3n) is 4.30. The number of carbonyl (C=O) groups excluding carboxylic acids is 2. The standard InChI is InChI=1S/C16H29N3O2S.ClH/c1-11-8-17-6-5-12(11)18-15(21)13-9-22-10-19(13)14(20)7-16(2,3)4;/h11-13,17H,5-10H2,1-4H3,(H,18,21);1H. The predicted molar refractivity (Wildman–Crippen MR) is 97.9 cm³/mol. The Balaban J connectivity index is 0.00000264. The monoisotopic (exact) mass is 363 g/mol. The highest BCUT2D eigenvalue weighted by Gasteiger charge is 2.37. The van der Waals surface area contributed by atoms with Crippen molar-refractivity contribution in [2.75, 3.05) is 24.7 Å². The van der Waals surface area contributed by atoms with Gasteiger partial charge in [0.25, 0.3) is 0 Å². The lowest BCUT2D eigenvalue weighted by Crippen LogP contribution is -2.54. The fraction of sp³-hybridized carbons (Fsp3) is 0.875. The van der Waals surface area contributed by atoms with Crippen molar-refractivity contribution < 1.29 is 9.59 Å². The molecule has 2 fully saturated rings.